The molecule has 0 radical (unpaired) electrons. The van der Waals surface area contributed by atoms with Gasteiger partial charge < -0.3 is 5.32 Å². The Morgan fingerprint density at radius 1 is 1.41 bits per heavy atom. The Hall–Kier alpha value is -1.47. The standard InChI is InChI=1S/C13H16N2OS/c1-2-17-9-3-4-13(16)15-12-7-5-11(10-14)6-8-12/h5-8H,2-4,9H2,1H3,(H,15,16). The van der Waals surface area contributed by atoms with E-state index in [9.17, 15) is 4.79 Å². The lowest BCUT2D eigenvalue weighted by molar-refractivity contribution is -0.116. The van der Waals surface area contributed by atoms with Crippen LogP contribution in [0, 0.1) is 11.3 Å². The molecular weight excluding hydrogens is 232 g/mol. The van der Waals surface area contributed by atoms with Crippen LogP contribution in [0.5, 0.6) is 0 Å². The van der Waals surface area contributed by atoms with E-state index in [2.05, 4.69) is 12.2 Å². The molecule has 0 fully saturated rings. The largest absolute Gasteiger partial charge is 0.326 e. The van der Waals surface area contributed by atoms with Crippen molar-refractivity contribution in [1.82, 2.24) is 0 Å². The predicted octanol–water partition coefficient (Wildman–Crippen LogP) is 3.03. The lowest BCUT2D eigenvalue weighted by Gasteiger charge is -2.04. The van der Waals surface area contributed by atoms with Gasteiger partial charge in [-0.05, 0) is 42.2 Å². The average Bonchev–Trinajstić information content (AvgIpc) is 2.36. The van der Waals surface area contributed by atoms with Crippen LogP contribution in [0.3, 0.4) is 0 Å². The number of rotatable bonds is 6. The Balaban J connectivity index is 2.32. The van der Waals surface area contributed by atoms with Gasteiger partial charge in [0.25, 0.3) is 0 Å². The van der Waals surface area contributed by atoms with E-state index in [1.54, 1.807) is 24.3 Å². The predicted molar refractivity (Wildman–Crippen MR) is 72.0 cm³/mol. The van der Waals surface area contributed by atoms with E-state index in [-0.39, 0.29) is 5.91 Å². The molecule has 0 aromatic heterocycles. The molecule has 1 N–H and O–H groups in total. The molecule has 0 bridgehead atoms. The summed E-state index contributed by atoms with van der Waals surface area (Å²) in [6.45, 7) is 2.11. The van der Waals surface area contributed by atoms with Crippen LogP contribution in [0.4, 0.5) is 5.69 Å². The van der Waals surface area contributed by atoms with Crippen molar-refractivity contribution in [2.75, 3.05) is 16.8 Å². The smallest absolute Gasteiger partial charge is 0.224 e. The first kappa shape index (κ1) is 13.6. The van der Waals surface area contributed by atoms with Gasteiger partial charge >= 0.3 is 0 Å². The SMILES string of the molecule is CCSCCCC(=O)Nc1ccc(C#N)cc1. The highest BCUT2D eigenvalue weighted by molar-refractivity contribution is 7.99. The molecule has 0 saturated heterocycles. The minimum atomic E-state index is 0.0337. The topological polar surface area (TPSA) is 52.9 Å². The number of thioether (sulfide) groups is 1. The van der Waals surface area contributed by atoms with E-state index in [1.165, 1.54) is 0 Å². The Kier molecular flexibility index (Phi) is 6.19. The maximum Gasteiger partial charge on any atom is 0.224 e. The number of hydrogen-bond donors (Lipinski definition) is 1. The van der Waals surface area contributed by atoms with Crippen LogP contribution >= 0.6 is 11.8 Å². The zero-order valence-electron chi connectivity index (χ0n) is 9.90. The number of hydrogen-bond acceptors (Lipinski definition) is 3. The first-order valence-electron chi connectivity index (χ1n) is 5.64. The highest BCUT2D eigenvalue weighted by Crippen LogP contribution is 2.10. The van der Waals surface area contributed by atoms with E-state index >= 15 is 0 Å². The molecule has 1 aromatic carbocycles. The van der Waals surface area contributed by atoms with E-state index < -0.39 is 0 Å². The summed E-state index contributed by atoms with van der Waals surface area (Å²) < 4.78 is 0. The Morgan fingerprint density at radius 2 is 2.12 bits per heavy atom. The molecule has 1 rings (SSSR count). The monoisotopic (exact) mass is 248 g/mol. The molecule has 0 heterocycles. The quantitative estimate of drug-likeness (QED) is 0.787. The molecular formula is C13H16N2OS. The van der Waals surface area contributed by atoms with Gasteiger partial charge in [0.2, 0.25) is 5.91 Å². The van der Waals surface area contributed by atoms with Gasteiger partial charge in [-0.25, -0.2) is 0 Å². The number of amides is 1. The van der Waals surface area contributed by atoms with Crippen molar-refractivity contribution in [1.29, 1.82) is 5.26 Å². The molecule has 3 nitrogen and oxygen atoms in total. The minimum Gasteiger partial charge on any atom is -0.326 e. The van der Waals surface area contributed by atoms with Crippen LogP contribution in [0.1, 0.15) is 25.3 Å². The van der Waals surface area contributed by atoms with E-state index in [0.717, 1.165) is 23.6 Å². The fourth-order valence-electron chi connectivity index (χ4n) is 1.33. The maximum atomic E-state index is 11.5. The van der Waals surface area contributed by atoms with Gasteiger partial charge in [0.05, 0.1) is 11.6 Å². The molecule has 90 valence electrons. The van der Waals surface area contributed by atoms with Crippen LogP contribution in [-0.2, 0) is 4.79 Å². The maximum absolute atomic E-state index is 11.5. The van der Waals surface area contributed by atoms with Crippen LogP contribution in [0.2, 0.25) is 0 Å². The Morgan fingerprint density at radius 3 is 2.71 bits per heavy atom. The third-order valence-corrected chi connectivity index (χ3v) is 3.18. The lowest BCUT2D eigenvalue weighted by atomic mass is 10.2. The van der Waals surface area contributed by atoms with Crippen LogP contribution in [-0.4, -0.2) is 17.4 Å². The number of benzene rings is 1. The number of nitrogens with one attached hydrogen (secondary N) is 1. The first-order chi connectivity index (χ1) is 8.26. The van der Waals surface area contributed by atoms with Crippen LogP contribution in [0.15, 0.2) is 24.3 Å². The minimum absolute atomic E-state index is 0.0337. The van der Waals surface area contributed by atoms with Gasteiger partial charge in [-0.2, -0.15) is 17.0 Å². The van der Waals surface area contributed by atoms with Gasteiger partial charge in [-0.1, -0.05) is 6.92 Å². The normalized spacial score (nSPS) is 9.65. The molecule has 0 aliphatic heterocycles. The second-order valence-electron chi connectivity index (χ2n) is 3.54. The molecule has 1 amide bonds. The van der Waals surface area contributed by atoms with Gasteiger partial charge in [0.15, 0.2) is 0 Å². The zero-order chi connectivity index (χ0) is 12.5. The lowest BCUT2D eigenvalue weighted by Crippen LogP contribution is -2.11. The van der Waals surface area contributed by atoms with Crippen molar-refractivity contribution in [3.63, 3.8) is 0 Å². The average molecular weight is 248 g/mol. The van der Waals surface area contributed by atoms with Crippen molar-refractivity contribution < 1.29 is 4.79 Å². The van der Waals surface area contributed by atoms with Gasteiger partial charge in [0.1, 0.15) is 0 Å². The fourth-order valence-corrected chi connectivity index (χ4v) is 1.97. The van der Waals surface area contributed by atoms with Crippen molar-refractivity contribution in [2.24, 2.45) is 0 Å². The number of anilines is 1. The molecule has 0 atom stereocenters. The van der Waals surface area contributed by atoms with Gasteiger partial charge in [-0.3, -0.25) is 4.79 Å². The second kappa shape index (κ2) is 7.75. The van der Waals surface area contributed by atoms with E-state index in [0.29, 0.717) is 12.0 Å². The number of nitriles is 1. The number of carbonyl (C=O) groups excluding carboxylic acids is 1. The summed E-state index contributed by atoms with van der Waals surface area (Å²) >= 11 is 1.85. The van der Waals surface area contributed by atoms with Crippen molar-refractivity contribution in [3.8, 4) is 6.07 Å². The summed E-state index contributed by atoms with van der Waals surface area (Å²) in [6, 6.07) is 8.93. The highest BCUT2D eigenvalue weighted by Gasteiger charge is 2.01. The molecule has 1 aromatic rings. The van der Waals surface area contributed by atoms with Crippen LogP contribution < -0.4 is 5.32 Å². The summed E-state index contributed by atoms with van der Waals surface area (Å²) in [6.07, 6.45) is 1.45. The molecule has 0 spiro atoms. The highest BCUT2D eigenvalue weighted by atomic mass is 32.2. The van der Waals surface area contributed by atoms with Crippen LogP contribution in [0.25, 0.3) is 0 Å². The van der Waals surface area contributed by atoms with Crippen molar-refractivity contribution >= 4 is 23.4 Å². The summed E-state index contributed by atoms with van der Waals surface area (Å²) in [5, 5.41) is 11.4. The summed E-state index contributed by atoms with van der Waals surface area (Å²) in [4.78, 5) is 11.5. The van der Waals surface area contributed by atoms with Gasteiger partial charge in [-0.15, -0.1) is 0 Å². The molecule has 0 aliphatic rings. The Labute approximate surface area is 106 Å². The second-order valence-corrected chi connectivity index (χ2v) is 4.93. The summed E-state index contributed by atoms with van der Waals surface area (Å²) in [7, 11) is 0. The molecule has 0 saturated carbocycles. The zero-order valence-corrected chi connectivity index (χ0v) is 10.7. The number of carbonyl (C=O) groups is 1. The summed E-state index contributed by atoms with van der Waals surface area (Å²) in [5.41, 5.74) is 1.35. The van der Waals surface area contributed by atoms with E-state index in [4.69, 9.17) is 5.26 Å². The third-order valence-electron chi connectivity index (χ3n) is 2.19. The molecule has 4 heteroatoms. The van der Waals surface area contributed by atoms with Gasteiger partial charge in [0, 0.05) is 12.1 Å². The molecule has 0 aliphatic carbocycles. The first-order valence-corrected chi connectivity index (χ1v) is 6.79. The van der Waals surface area contributed by atoms with Crippen molar-refractivity contribution in [3.05, 3.63) is 29.8 Å². The van der Waals surface area contributed by atoms with E-state index in [1.807, 2.05) is 17.8 Å². The summed E-state index contributed by atoms with van der Waals surface area (Å²) in [5.74, 6) is 2.15. The molecule has 0 unspecified atom stereocenters. The third kappa shape index (κ3) is 5.41. The molecule has 17 heavy (non-hydrogen) atoms. The Bertz CT molecular complexity index is 395. The fraction of sp³-hybridized carbons (Fsp3) is 0.385. The van der Waals surface area contributed by atoms with Crippen molar-refractivity contribution in [2.45, 2.75) is 19.8 Å². The number of nitrogens with zero attached hydrogens (tertiary/aromatic N) is 1.